The maximum absolute atomic E-state index is 12.0. The highest BCUT2D eigenvalue weighted by molar-refractivity contribution is 9.10. The molecule has 20 heavy (non-hydrogen) atoms. The lowest BCUT2D eigenvalue weighted by Gasteiger charge is -2.04. The van der Waals surface area contributed by atoms with Gasteiger partial charge in [-0.2, -0.15) is 0 Å². The van der Waals surface area contributed by atoms with Crippen LogP contribution in [0.4, 0.5) is 0 Å². The van der Waals surface area contributed by atoms with Crippen molar-refractivity contribution < 1.29 is 9.90 Å². The molecule has 0 bridgehead atoms. The molecule has 0 fully saturated rings. The molecule has 0 aliphatic heterocycles. The molecule has 1 amide bonds. The predicted octanol–water partition coefficient (Wildman–Crippen LogP) is 2.78. The molecule has 0 radical (unpaired) electrons. The SMILES string of the molecule is O=C(NCc1sccc1Br)c1ccc(C#CCO)cc1. The number of hydrogen-bond donors (Lipinski definition) is 2. The standard InChI is InChI=1S/C15H12BrNO2S/c16-13-7-9-20-14(13)10-17-15(19)12-5-3-11(4-6-12)2-1-8-18/h3-7,9,18H,8,10H2,(H,17,19). The quantitative estimate of drug-likeness (QED) is 0.837. The maximum atomic E-state index is 12.0. The van der Waals surface area contributed by atoms with Gasteiger partial charge in [-0.15, -0.1) is 11.3 Å². The molecule has 0 saturated heterocycles. The molecule has 3 nitrogen and oxygen atoms in total. The maximum Gasteiger partial charge on any atom is 0.251 e. The van der Waals surface area contributed by atoms with Crippen LogP contribution in [-0.2, 0) is 6.54 Å². The van der Waals surface area contributed by atoms with Gasteiger partial charge in [0.25, 0.3) is 5.91 Å². The molecule has 1 aromatic carbocycles. The molecule has 2 aromatic rings. The van der Waals surface area contributed by atoms with Crippen LogP contribution in [0, 0.1) is 11.8 Å². The van der Waals surface area contributed by atoms with E-state index in [-0.39, 0.29) is 12.5 Å². The minimum absolute atomic E-state index is 0.119. The van der Waals surface area contributed by atoms with Crippen molar-refractivity contribution in [1.29, 1.82) is 0 Å². The van der Waals surface area contributed by atoms with Crippen molar-refractivity contribution in [1.82, 2.24) is 5.32 Å². The first kappa shape index (κ1) is 14.8. The first-order chi connectivity index (χ1) is 9.70. The Hall–Kier alpha value is -1.61. The van der Waals surface area contributed by atoms with E-state index in [0.717, 1.165) is 14.9 Å². The summed E-state index contributed by atoms with van der Waals surface area (Å²) in [5.74, 6) is 5.23. The summed E-state index contributed by atoms with van der Waals surface area (Å²) >= 11 is 5.02. The second kappa shape index (κ2) is 7.25. The lowest BCUT2D eigenvalue weighted by Crippen LogP contribution is -2.22. The van der Waals surface area contributed by atoms with Gasteiger partial charge in [-0.3, -0.25) is 4.79 Å². The van der Waals surface area contributed by atoms with E-state index < -0.39 is 0 Å². The van der Waals surface area contributed by atoms with Gasteiger partial charge < -0.3 is 10.4 Å². The van der Waals surface area contributed by atoms with Crippen molar-refractivity contribution in [3.63, 3.8) is 0 Å². The highest BCUT2D eigenvalue weighted by Crippen LogP contribution is 2.22. The van der Waals surface area contributed by atoms with E-state index in [9.17, 15) is 4.79 Å². The zero-order valence-corrected chi connectivity index (χ0v) is 12.9. The fourth-order valence-corrected chi connectivity index (χ4v) is 2.99. The molecule has 0 atom stereocenters. The molecule has 0 aliphatic carbocycles. The topological polar surface area (TPSA) is 49.3 Å². The number of nitrogens with one attached hydrogen (secondary N) is 1. The van der Waals surface area contributed by atoms with Crippen molar-refractivity contribution >= 4 is 33.2 Å². The van der Waals surface area contributed by atoms with Crippen LogP contribution in [0.1, 0.15) is 20.8 Å². The van der Waals surface area contributed by atoms with Gasteiger partial charge in [0.1, 0.15) is 6.61 Å². The highest BCUT2D eigenvalue weighted by atomic mass is 79.9. The Morgan fingerprint density at radius 3 is 2.65 bits per heavy atom. The fourth-order valence-electron chi connectivity index (χ4n) is 1.56. The zero-order chi connectivity index (χ0) is 14.4. The number of rotatable bonds is 3. The van der Waals surface area contributed by atoms with Crippen LogP contribution < -0.4 is 5.32 Å². The third-order valence-electron chi connectivity index (χ3n) is 2.56. The molecular weight excluding hydrogens is 338 g/mol. The Morgan fingerprint density at radius 1 is 1.30 bits per heavy atom. The van der Waals surface area contributed by atoms with Crippen molar-refractivity contribution in [3.05, 3.63) is 56.2 Å². The number of benzene rings is 1. The van der Waals surface area contributed by atoms with Gasteiger partial charge in [0.2, 0.25) is 0 Å². The molecule has 102 valence electrons. The molecule has 0 unspecified atom stereocenters. The second-order valence-electron chi connectivity index (χ2n) is 3.91. The van der Waals surface area contributed by atoms with E-state index in [1.54, 1.807) is 35.6 Å². The number of carbonyl (C=O) groups is 1. The van der Waals surface area contributed by atoms with Crippen molar-refractivity contribution in [3.8, 4) is 11.8 Å². The van der Waals surface area contributed by atoms with E-state index in [0.29, 0.717) is 12.1 Å². The summed E-state index contributed by atoms with van der Waals surface area (Å²) in [5.41, 5.74) is 1.36. The fraction of sp³-hybridized carbons (Fsp3) is 0.133. The van der Waals surface area contributed by atoms with Crippen molar-refractivity contribution in [2.45, 2.75) is 6.54 Å². The molecule has 1 aromatic heterocycles. The number of thiophene rings is 1. The minimum atomic E-state index is -0.169. The molecule has 2 N–H and O–H groups in total. The van der Waals surface area contributed by atoms with Crippen molar-refractivity contribution in [2.24, 2.45) is 0 Å². The molecule has 5 heteroatoms. The first-order valence-corrected chi connectivity index (χ1v) is 7.58. The second-order valence-corrected chi connectivity index (χ2v) is 5.77. The monoisotopic (exact) mass is 349 g/mol. The van der Waals surface area contributed by atoms with E-state index in [1.165, 1.54) is 0 Å². The molecular formula is C15H12BrNO2S. The number of halogens is 1. The number of aliphatic hydroxyl groups excluding tert-OH is 1. The Morgan fingerprint density at radius 2 is 2.05 bits per heavy atom. The van der Waals surface area contributed by atoms with E-state index in [2.05, 4.69) is 33.1 Å². The average molecular weight is 350 g/mol. The van der Waals surface area contributed by atoms with Crippen LogP contribution in [0.2, 0.25) is 0 Å². The average Bonchev–Trinajstić information content (AvgIpc) is 2.88. The number of amides is 1. The third kappa shape index (κ3) is 3.94. The summed E-state index contributed by atoms with van der Waals surface area (Å²) < 4.78 is 1.01. The molecule has 1 heterocycles. The number of hydrogen-bond acceptors (Lipinski definition) is 3. The van der Waals surface area contributed by atoms with E-state index in [1.807, 2.05) is 11.4 Å². The zero-order valence-electron chi connectivity index (χ0n) is 10.5. The van der Waals surface area contributed by atoms with Gasteiger partial charge in [-0.25, -0.2) is 0 Å². The third-order valence-corrected chi connectivity index (χ3v) is 4.49. The number of aliphatic hydroxyl groups is 1. The van der Waals surface area contributed by atoms with Gasteiger partial charge in [0.15, 0.2) is 0 Å². The van der Waals surface area contributed by atoms with Gasteiger partial charge in [0.05, 0.1) is 6.54 Å². The van der Waals surface area contributed by atoms with Gasteiger partial charge >= 0.3 is 0 Å². The Labute approximate surface area is 129 Å². The molecule has 0 spiro atoms. The van der Waals surface area contributed by atoms with Crippen LogP contribution in [0.3, 0.4) is 0 Å². The Balaban J connectivity index is 1.97. The summed E-state index contributed by atoms with van der Waals surface area (Å²) in [4.78, 5) is 13.1. The summed E-state index contributed by atoms with van der Waals surface area (Å²) in [6.45, 7) is 0.334. The smallest absolute Gasteiger partial charge is 0.251 e. The normalized spacial score (nSPS) is 9.70. The van der Waals surface area contributed by atoms with Crippen molar-refractivity contribution in [2.75, 3.05) is 6.61 Å². The Kier molecular flexibility index (Phi) is 5.36. The van der Waals surface area contributed by atoms with Crippen LogP contribution in [0.25, 0.3) is 0 Å². The summed E-state index contributed by atoms with van der Waals surface area (Å²) in [6, 6.07) is 8.93. The lowest BCUT2D eigenvalue weighted by atomic mass is 10.1. The van der Waals surface area contributed by atoms with Gasteiger partial charge in [-0.05, 0) is 51.6 Å². The van der Waals surface area contributed by atoms with Gasteiger partial charge in [-0.1, -0.05) is 11.8 Å². The lowest BCUT2D eigenvalue weighted by molar-refractivity contribution is 0.0951. The highest BCUT2D eigenvalue weighted by Gasteiger charge is 2.07. The van der Waals surface area contributed by atoms with Crippen LogP contribution in [0.5, 0.6) is 0 Å². The summed E-state index contributed by atoms with van der Waals surface area (Å²) in [5, 5.41) is 13.5. The van der Waals surface area contributed by atoms with Crippen LogP contribution >= 0.6 is 27.3 Å². The van der Waals surface area contributed by atoms with Crippen LogP contribution in [-0.4, -0.2) is 17.6 Å². The molecule has 0 saturated carbocycles. The summed E-state index contributed by atoms with van der Waals surface area (Å²) in [6.07, 6.45) is 0. The van der Waals surface area contributed by atoms with E-state index in [4.69, 9.17) is 5.11 Å². The molecule has 0 aliphatic rings. The largest absolute Gasteiger partial charge is 0.384 e. The van der Waals surface area contributed by atoms with E-state index >= 15 is 0 Å². The first-order valence-electron chi connectivity index (χ1n) is 5.90. The number of carbonyl (C=O) groups excluding carboxylic acids is 1. The van der Waals surface area contributed by atoms with Crippen LogP contribution in [0.15, 0.2) is 40.2 Å². The summed E-state index contributed by atoms with van der Waals surface area (Å²) in [7, 11) is 0. The minimum Gasteiger partial charge on any atom is -0.384 e. The predicted molar refractivity (Wildman–Crippen MR) is 83.6 cm³/mol. The molecule has 2 rings (SSSR count). The Bertz CT molecular complexity index is 653. The van der Waals surface area contributed by atoms with Gasteiger partial charge in [0, 0.05) is 20.5 Å².